The Bertz CT molecular complexity index is 573. The van der Waals surface area contributed by atoms with Gasteiger partial charge >= 0.3 is 0 Å². The lowest BCUT2D eigenvalue weighted by molar-refractivity contribution is 0.0886. The summed E-state index contributed by atoms with van der Waals surface area (Å²) in [7, 11) is 2.00. The van der Waals surface area contributed by atoms with Gasteiger partial charge in [-0.3, -0.25) is 4.79 Å². The van der Waals surface area contributed by atoms with Crippen LogP contribution in [0.1, 0.15) is 23.2 Å². The molecule has 1 fully saturated rings. The molecule has 1 aromatic carbocycles. The predicted octanol–water partition coefficient (Wildman–Crippen LogP) is 2.07. The summed E-state index contributed by atoms with van der Waals surface area (Å²) in [5.41, 5.74) is 5.08. The van der Waals surface area contributed by atoms with Gasteiger partial charge in [-0.25, -0.2) is 4.39 Å². The van der Waals surface area contributed by atoms with Gasteiger partial charge in [-0.2, -0.15) is 0 Å². The number of rotatable bonds is 3. The van der Waals surface area contributed by atoms with E-state index >= 15 is 0 Å². The minimum Gasteiger partial charge on any atom is -0.391 e. The van der Waals surface area contributed by atoms with Gasteiger partial charge in [0.2, 0.25) is 0 Å². The van der Waals surface area contributed by atoms with E-state index < -0.39 is 17.3 Å². The second-order valence-electron chi connectivity index (χ2n) is 5.33. The normalized spacial score (nSPS) is 18.2. The van der Waals surface area contributed by atoms with Crippen LogP contribution in [-0.4, -0.2) is 41.5 Å². The smallest absolute Gasteiger partial charge is 0.255 e. The minimum atomic E-state index is -0.742. The number of carbonyl (C=O) groups is 1. The third-order valence-electron chi connectivity index (χ3n) is 3.84. The lowest BCUT2D eigenvalue weighted by atomic mass is 9.87. The summed E-state index contributed by atoms with van der Waals surface area (Å²) >= 11 is 8.37. The van der Waals surface area contributed by atoms with E-state index in [4.69, 9.17) is 18.0 Å². The molecule has 1 amide bonds. The monoisotopic (exact) mass is 373 g/mol. The van der Waals surface area contributed by atoms with Crippen LogP contribution in [0.3, 0.4) is 0 Å². The van der Waals surface area contributed by atoms with E-state index in [0.717, 1.165) is 13.1 Å². The number of halogens is 2. The molecule has 21 heavy (non-hydrogen) atoms. The zero-order valence-corrected chi connectivity index (χ0v) is 14.1. The van der Waals surface area contributed by atoms with Crippen molar-refractivity contribution in [3.05, 3.63) is 34.1 Å². The van der Waals surface area contributed by atoms with Crippen molar-refractivity contribution < 1.29 is 9.18 Å². The van der Waals surface area contributed by atoms with E-state index in [9.17, 15) is 9.18 Å². The Morgan fingerprint density at radius 1 is 1.48 bits per heavy atom. The summed E-state index contributed by atoms with van der Waals surface area (Å²) in [5, 5.41) is 2.84. The number of nitrogens with zero attached hydrogens (tertiary/aromatic N) is 1. The Labute approximate surface area is 137 Å². The van der Waals surface area contributed by atoms with Crippen molar-refractivity contribution in [1.82, 2.24) is 10.2 Å². The van der Waals surface area contributed by atoms with Gasteiger partial charge in [0.05, 0.1) is 16.1 Å². The van der Waals surface area contributed by atoms with Crippen LogP contribution < -0.4 is 11.1 Å². The van der Waals surface area contributed by atoms with Gasteiger partial charge < -0.3 is 16.0 Å². The van der Waals surface area contributed by atoms with Gasteiger partial charge in [-0.15, -0.1) is 0 Å². The number of likely N-dealkylation sites (tertiary alicyclic amines) is 1. The highest BCUT2D eigenvalue weighted by atomic mass is 79.9. The molecule has 0 atom stereocenters. The largest absolute Gasteiger partial charge is 0.391 e. The molecule has 0 aromatic heterocycles. The Morgan fingerprint density at radius 2 is 2.10 bits per heavy atom. The van der Waals surface area contributed by atoms with Crippen molar-refractivity contribution in [1.29, 1.82) is 0 Å². The Morgan fingerprint density at radius 3 is 2.67 bits per heavy atom. The van der Waals surface area contributed by atoms with Crippen molar-refractivity contribution in [2.45, 2.75) is 18.4 Å². The summed E-state index contributed by atoms with van der Waals surface area (Å²) < 4.78 is 14.4. The lowest BCUT2D eigenvalue weighted by Gasteiger charge is -2.40. The number of hydrogen-bond acceptors (Lipinski definition) is 3. The summed E-state index contributed by atoms with van der Waals surface area (Å²) in [6.45, 7) is 1.55. The van der Waals surface area contributed by atoms with Crippen molar-refractivity contribution in [3.8, 4) is 0 Å². The van der Waals surface area contributed by atoms with Crippen molar-refractivity contribution in [2.24, 2.45) is 5.73 Å². The van der Waals surface area contributed by atoms with Crippen LogP contribution >= 0.6 is 28.1 Å². The van der Waals surface area contributed by atoms with Crippen LogP contribution in [0, 0.1) is 5.82 Å². The number of thiocarbonyl (C=S) groups is 1. The van der Waals surface area contributed by atoms with Crippen molar-refractivity contribution >= 4 is 39.0 Å². The molecule has 1 saturated heterocycles. The Hall–Kier alpha value is -1.05. The summed E-state index contributed by atoms with van der Waals surface area (Å²) in [6, 6.07) is 4.25. The minimum absolute atomic E-state index is 0.0149. The predicted molar refractivity (Wildman–Crippen MR) is 87.8 cm³/mol. The maximum atomic E-state index is 13.8. The SMILES string of the molecule is CN1CCC(NC(=O)c2cc(Br)ccc2F)(C(N)=S)CC1. The van der Waals surface area contributed by atoms with Gasteiger partial charge in [0, 0.05) is 17.6 Å². The topological polar surface area (TPSA) is 58.4 Å². The molecule has 1 aromatic rings. The van der Waals surface area contributed by atoms with Crippen LogP contribution in [0.2, 0.25) is 0 Å². The molecule has 1 aliphatic rings. The number of piperidine rings is 1. The van der Waals surface area contributed by atoms with E-state index in [1.807, 2.05) is 7.05 Å². The van der Waals surface area contributed by atoms with Crippen LogP contribution in [0.25, 0.3) is 0 Å². The molecule has 0 radical (unpaired) electrons. The Balaban J connectivity index is 2.23. The fourth-order valence-corrected chi connectivity index (χ4v) is 3.01. The standard InChI is InChI=1S/C14H17BrFN3OS/c1-19-6-4-14(5-7-19,13(17)21)18-12(20)10-8-9(15)2-3-11(10)16/h2-3,8H,4-7H2,1H3,(H2,17,21)(H,18,20). The average molecular weight is 374 g/mol. The molecule has 1 heterocycles. The number of carbonyl (C=O) groups excluding carboxylic acids is 1. The summed E-state index contributed by atoms with van der Waals surface area (Å²) in [4.78, 5) is 14.8. The number of nitrogens with one attached hydrogen (secondary N) is 1. The second-order valence-corrected chi connectivity index (χ2v) is 6.68. The highest BCUT2D eigenvalue weighted by Crippen LogP contribution is 2.24. The molecule has 4 nitrogen and oxygen atoms in total. The highest BCUT2D eigenvalue weighted by molar-refractivity contribution is 9.10. The zero-order chi connectivity index (χ0) is 15.6. The maximum absolute atomic E-state index is 13.8. The van der Waals surface area contributed by atoms with E-state index in [1.54, 1.807) is 6.07 Å². The van der Waals surface area contributed by atoms with Gasteiger partial charge in [0.25, 0.3) is 5.91 Å². The molecule has 1 aliphatic heterocycles. The first-order valence-corrected chi connectivity index (χ1v) is 7.80. The van der Waals surface area contributed by atoms with Gasteiger partial charge in [-0.1, -0.05) is 28.1 Å². The fraction of sp³-hybridized carbons (Fsp3) is 0.429. The van der Waals surface area contributed by atoms with Gasteiger partial charge in [0.1, 0.15) is 5.82 Å². The number of nitrogens with two attached hydrogens (primary N) is 1. The molecular weight excluding hydrogens is 357 g/mol. The molecule has 0 aliphatic carbocycles. The van der Waals surface area contributed by atoms with Crippen molar-refractivity contribution in [2.75, 3.05) is 20.1 Å². The van der Waals surface area contributed by atoms with Gasteiger partial charge in [0.15, 0.2) is 0 Å². The molecule has 0 bridgehead atoms. The molecule has 0 unspecified atom stereocenters. The molecule has 2 rings (SSSR count). The average Bonchev–Trinajstić information content (AvgIpc) is 2.44. The first-order chi connectivity index (χ1) is 9.84. The summed E-state index contributed by atoms with van der Waals surface area (Å²) in [6.07, 6.45) is 1.25. The van der Waals surface area contributed by atoms with E-state index in [2.05, 4.69) is 26.1 Å². The molecular formula is C14H17BrFN3OS. The van der Waals surface area contributed by atoms with Crippen molar-refractivity contribution in [3.63, 3.8) is 0 Å². The van der Waals surface area contributed by atoms with Crippen LogP contribution in [0.4, 0.5) is 4.39 Å². The molecule has 114 valence electrons. The number of amides is 1. The van der Waals surface area contributed by atoms with Crippen LogP contribution in [0.5, 0.6) is 0 Å². The third-order valence-corrected chi connectivity index (χ3v) is 4.72. The molecule has 0 spiro atoms. The number of hydrogen-bond donors (Lipinski definition) is 2. The van der Waals surface area contributed by atoms with Gasteiger partial charge in [-0.05, 0) is 38.1 Å². The van der Waals surface area contributed by atoms with Crippen LogP contribution in [0.15, 0.2) is 22.7 Å². The quantitative estimate of drug-likeness (QED) is 0.796. The number of benzene rings is 1. The van der Waals surface area contributed by atoms with E-state index in [0.29, 0.717) is 17.3 Å². The first kappa shape index (κ1) is 16.3. The molecule has 3 N–H and O–H groups in total. The maximum Gasteiger partial charge on any atom is 0.255 e. The lowest BCUT2D eigenvalue weighted by Crippen LogP contribution is -2.61. The molecule has 7 heteroatoms. The zero-order valence-electron chi connectivity index (χ0n) is 11.7. The Kier molecular flexibility index (Phi) is 4.95. The summed E-state index contributed by atoms with van der Waals surface area (Å²) in [5.74, 6) is -1.06. The highest BCUT2D eigenvalue weighted by Gasteiger charge is 2.38. The first-order valence-electron chi connectivity index (χ1n) is 6.60. The van der Waals surface area contributed by atoms with Crippen LogP contribution in [-0.2, 0) is 0 Å². The van der Waals surface area contributed by atoms with E-state index in [-0.39, 0.29) is 10.6 Å². The fourth-order valence-electron chi connectivity index (χ4n) is 2.39. The van der Waals surface area contributed by atoms with E-state index in [1.165, 1.54) is 12.1 Å². The third kappa shape index (κ3) is 3.59. The molecule has 0 saturated carbocycles. The second kappa shape index (κ2) is 6.37.